The number of aliphatic carboxylic acids is 2. The van der Waals surface area contributed by atoms with Crippen LogP contribution in [0.15, 0.2) is 42.5 Å². The van der Waals surface area contributed by atoms with E-state index in [1.165, 1.54) is 61.3 Å². The van der Waals surface area contributed by atoms with Crippen LogP contribution in [0.5, 0.6) is 0 Å². The van der Waals surface area contributed by atoms with Gasteiger partial charge in [0, 0.05) is 29.6 Å². The van der Waals surface area contributed by atoms with Crippen LogP contribution in [0.1, 0.15) is 42.3 Å². The minimum absolute atomic E-state index is 0.558. The average molecular weight is 458 g/mol. The summed E-state index contributed by atoms with van der Waals surface area (Å²) in [4.78, 5) is 28.3. The number of likely N-dealkylation sites (tertiary alicyclic amines) is 1. The van der Waals surface area contributed by atoms with Crippen molar-refractivity contribution in [2.45, 2.75) is 51.6 Å². The van der Waals surface area contributed by atoms with Gasteiger partial charge in [0.05, 0.1) is 5.69 Å². The van der Waals surface area contributed by atoms with Crippen molar-refractivity contribution in [2.24, 2.45) is 5.92 Å². The zero-order valence-corrected chi connectivity index (χ0v) is 19.2. The van der Waals surface area contributed by atoms with Crippen LogP contribution in [0.3, 0.4) is 0 Å². The molecule has 0 spiro atoms. The van der Waals surface area contributed by atoms with E-state index in [9.17, 15) is 9.59 Å². The lowest BCUT2D eigenvalue weighted by Crippen LogP contribution is -2.49. The molecule has 0 bridgehead atoms. The zero-order valence-electron chi connectivity index (χ0n) is 18.4. The van der Waals surface area contributed by atoms with E-state index in [1.54, 1.807) is 0 Å². The maximum absolute atomic E-state index is 9.55. The first-order valence-corrected chi connectivity index (χ1v) is 11.9. The molecule has 7 nitrogen and oxygen atoms in total. The Morgan fingerprint density at radius 3 is 2.56 bits per heavy atom. The van der Waals surface area contributed by atoms with Crippen molar-refractivity contribution < 1.29 is 19.8 Å². The molecule has 2 heterocycles. The number of anilines is 1. The molecule has 2 aromatic rings. The van der Waals surface area contributed by atoms with Gasteiger partial charge in [-0.3, -0.25) is 4.90 Å². The number of aromatic nitrogens is 1. The van der Waals surface area contributed by atoms with Crippen molar-refractivity contribution in [2.75, 3.05) is 18.4 Å². The van der Waals surface area contributed by atoms with Crippen molar-refractivity contribution in [1.29, 1.82) is 0 Å². The number of rotatable bonds is 7. The van der Waals surface area contributed by atoms with Crippen molar-refractivity contribution in [1.82, 2.24) is 9.88 Å². The molecule has 8 heteroatoms. The predicted octanol–water partition coefficient (Wildman–Crippen LogP) is 4.06. The Morgan fingerprint density at radius 2 is 1.91 bits per heavy atom. The second-order valence-electron chi connectivity index (χ2n) is 8.15. The SMILES string of the molecule is CCCN1CCC[C@H]2Cc3nc(NCc4ccccc4)sc3C[C@@H]21.O=C(O)/C=C\C(=O)O. The number of carboxylic acid groups (broad SMARTS) is 2. The van der Waals surface area contributed by atoms with Gasteiger partial charge in [0.15, 0.2) is 5.13 Å². The Kier molecular flexibility index (Phi) is 8.81. The highest BCUT2D eigenvalue weighted by Gasteiger charge is 2.36. The second-order valence-corrected chi connectivity index (χ2v) is 9.24. The number of benzene rings is 1. The molecule has 0 unspecified atom stereocenters. The summed E-state index contributed by atoms with van der Waals surface area (Å²) < 4.78 is 0. The molecule has 2 atom stereocenters. The number of carbonyl (C=O) groups is 2. The summed E-state index contributed by atoms with van der Waals surface area (Å²) >= 11 is 1.88. The normalized spacial score (nSPS) is 20.0. The van der Waals surface area contributed by atoms with Crippen LogP contribution in [-0.4, -0.2) is 51.2 Å². The smallest absolute Gasteiger partial charge is 0.328 e. The van der Waals surface area contributed by atoms with Gasteiger partial charge in [-0.15, -0.1) is 11.3 Å². The van der Waals surface area contributed by atoms with Gasteiger partial charge in [-0.05, 0) is 56.7 Å². The largest absolute Gasteiger partial charge is 0.478 e. The minimum Gasteiger partial charge on any atom is -0.478 e. The zero-order chi connectivity index (χ0) is 22.9. The van der Waals surface area contributed by atoms with Crippen LogP contribution in [0.25, 0.3) is 0 Å². The van der Waals surface area contributed by atoms with Gasteiger partial charge in [-0.25, -0.2) is 14.6 Å². The summed E-state index contributed by atoms with van der Waals surface area (Å²) in [6, 6.07) is 11.3. The molecule has 1 aromatic heterocycles. The number of thiazole rings is 1. The predicted molar refractivity (Wildman–Crippen MR) is 126 cm³/mol. The van der Waals surface area contributed by atoms with Crippen LogP contribution in [0.4, 0.5) is 5.13 Å². The molecule has 4 rings (SSSR count). The maximum atomic E-state index is 9.55. The maximum Gasteiger partial charge on any atom is 0.328 e. The Labute approximate surface area is 192 Å². The number of carboxylic acids is 2. The molecule has 2 aliphatic rings. The van der Waals surface area contributed by atoms with E-state index >= 15 is 0 Å². The average Bonchev–Trinajstić information content (AvgIpc) is 3.18. The van der Waals surface area contributed by atoms with E-state index in [2.05, 4.69) is 47.5 Å². The van der Waals surface area contributed by atoms with Gasteiger partial charge < -0.3 is 15.5 Å². The molecule has 1 aromatic carbocycles. The number of piperidine rings is 1. The highest BCUT2D eigenvalue weighted by molar-refractivity contribution is 7.15. The lowest BCUT2D eigenvalue weighted by molar-refractivity contribution is -0.134. The van der Waals surface area contributed by atoms with E-state index in [1.807, 2.05) is 11.3 Å². The molecule has 1 fully saturated rings. The first-order valence-electron chi connectivity index (χ1n) is 11.1. The fourth-order valence-corrected chi connectivity index (χ4v) is 5.48. The minimum atomic E-state index is -1.26. The van der Waals surface area contributed by atoms with E-state index in [-0.39, 0.29) is 0 Å². The first-order chi connectivity index (χ1) is 15.5. The summed E-state index contributed by atoms with van der Waals surface area (Å²) in [5, 5.41) is 20.3. The molecule has 0 radical (unpaired) electrons. The van der Waals surface area contributed by atoms with E-state index in [0.717, 1.165) is 23.6 Å². The first kappa shape index (κ1) is 23.9. The quantitative estimate of drug-likeness (QED) is 0.539. The van der Waals surface area contributed by atoms with Crippen LogP contribution in [0.2, 0.25) is 0 Å². The number of fused-ring (bicyclic) bond motifs is 2. The van der Waals surface area contributed by atoms with Crippen LogP contribution >= 0.6 is 11.3 Å². The molecule has 0 amide bonds. The standard InChI is InChI=1S/C20H27N3S.C4H4O4/c1-2-10-23-11-6-9-16-12-17-19(13-18(16)23)24-20(22-17)21-14-15-7-4-3-5-8-15;5-3(6)1-2-4(7)8/h3-5,7-8,16,18H,2,6,9-14H2,1H3,(H,21,22);1-2H,(H,5,6)(H,7,8)/b;2-1-/t16-,18-;/m0./s1. The number of nitrogens with one attached hydrogen (secondary N) is 1. The Bertz CT molecular complexity index is 911. The summed E-state index contributed by atoms with van der Waals surface area (Å²) in [5.74, 6) is -1.69. The number of nitrogens with zero attached hydrogens (tertiary/aromatic N) is 2. The molecule has 3 N–H and O–H groups in total. The van der Waals surface area contributed by atoms with Gasteiger partial charge in [0.25, 0.3) is 0 Å². The fraction of sp³-hybridized carbons (Fsp3) is 0.458. The second kappa shape index (κ2) is 11.8. The summed E-state index contributed by atoms with van der Waals surface area (Å²) in [7, 11) is 0. The molecule has 1 aliphatic heterocycles. The van der Waals surface area contributed by atoms with Crippen LogP contribution in [0, 0.1) is 5.92 Å². The highest BCUT2D eigenvalue weighted by atomic mass is 32.1. The van der Waals surface area contributed by atoms with Gasteiger partial charge in [-0.2, -0.15) is 0 Å². The molecule has 1 aliphatic carbocycles. The van der Waals surface area contributed by atoms with Crippen molar-refractivity contribution >= 4 is 28.4 Å². The van der Waals surface area contributed by atoms with Gasteiger partial charge in [0.1, 0.15) is 0 Å². The number of hydrogen-bond acceptors (Lipinski definition) is 6. The Hall–Kier alpha value is -2.71. The highest BCUT2D eigenvalue weighted by Crippen LogP contribution is 2.38. The van der Waals surface area contributed by atoms with Gasteiger partial charge in [0.2, 0.25) is 0 Å². The van der Waals surface area contributed by atoms with Crippen molar-refractivity contribution in [3.05, 3.63) is 58.6 Å². The van der Waals surface area contributed by atoms with Crippen LogP contribution < -0.4 is 5.32 Å². The molecule has 0 saturated carbocycles. The van der Waals surface area contributed by atoms with Crippen LogP contribution in [-0.2, 0) is 29.0 Å². The van der Waals surface area contributed by atoms with E-state index in [4.69, 9.17) is 15.2 Å². The summed E-state index contributed by atoms with van der Waals surface area (Å²) in [6.45, 7) is 5.72. The topological polar surface area (TPSA) is 103 Å². The third kappa shape index (κ3) is 6.90. The van der Waals surface area contributed by atoms with E-state index in [0.29, 0.717) is 12.2 Å². The summed E-state index contributed by atoms with van der Waals surface area (Å²) in [6.07, 6.45) is 7.52. The molecular weight excluding hydrogens is 426 g/mol. The molecule has 1 saturated heterocycles. The fourth-order valence-electron chi connectivity index (χ4n) is 4.44. The van der Waals surface area contributed by atoms with Gasteiger partial charge in [-0.1, -0.05) is 37.3 Å². The lowest BCUT2D eigenvalue weighted by atomic mass is 9.79. The van der Waals surface area contributed by atoms with Crippen molar-refractivity contribution in [3.63, 3.8) is 0 Å². The Morgan fingerprint density at radius 1 is 1.19 bits per heavy atom. The molecule has 172 valence electrons. The molecular formula is C24H31N3O4S. The third-order valence-corrected chi connectivity index (χ3v) is 6.91. The monoisotopic (exact) mass is 457 g/mol. The lowest BCUT2D eigenvalue weighted by Gasteiger charge is -2.43. The number of hydrogen-bond donors (Lipinski definition) is 3. The van der Waals surface area contributed by atoms with E-state index < -0.39 is 11.9 Å². The van der Waals surface area contributed by atoms with Crippen molar-refractivity contribution in [3.8, 4) is 0 Å². The third-order valence-electron chi connectivity index (χ3n) is 5.83. The van der Waals surface area contributed by atoms with Gasteiger partial charge >= 0.3 is 11.9 Å². The molecule has 32 heavy (non-hydrogen) atoms. The summed E-state index contributed by atoms with van der Waals surface area (Å²) in [5.41, 5.74) is 2.68. The Balaban J connectivity index is 0.000000312.